The molecule has 2 fully saturated rings. The van der Waals surface area contributed by atoms with E-state index in [4.69, 9.17) is 16.3 Å². The second-order valence-corrected chi connectivity index (χ2v) is 10.2. The minimum Gasteiger partial charge on any atom is -0.379 e. The van der Waals surface area contributed by atoms with E-state index in [9.17, 15) is 40.7 Å². The summed E-state index contributed by atoms with van der Waals surface area (Å²) in [5, 5.41) is 2.64. The number of carbonyl (C=O) groups is 3. The Hall–Kier alpha value is -3.76. The van der Waals surface area contributed by atoms with Crippen molar-refractivity contribution in [2.45, 2.75) is 31.2 Å². The van der Waals surface area contributed by atoms with Gasteiger partial charge in [-0.3, -0.25) is 14.5 Å². The quantitative estimate of drug-likeness (QED) is 0.194. The largest absolute Gasteiger partial charge is 0.421 e. The van der Waals surface area contributed by atoms with Crippen LogP contribution in [0.3, 0.4) is 0 Å². The van der Waals surface area contributed by atoms with Gasteiger partial charge in [0.05, 0.1) is 31.2 Å². The maximum absolute atomic E-state index is 14.2. The van der Waals surface area contributed by atoms with Crippen LogP contribution in [-0.4, -0.2) is 88.7 Å². The average Bonchev–Trinajstić information content (AvgIpc) is 3.15. The minimum atomic E-state index is -5.42. The monoisotopic (exact) mass is 634 g/mol. The lowest BCUT2D eigenvalue weighted by Gasteiger charge is -2.31. The van der Waals surface area contributed by atoms with Crippen LogP contribution in [0.5, 0.6) is 0 Å². The highest BCUT2D eigenvalue weighted by Gasteiger charge is 2.71. The van der Waals surface area contributed by atoms with Crippen molar-refractivity contribution in [2.75, 3.05) is 49.6 Å². The Morgan fingerprint density at radius 2 is 1.79 bits per heavy atom. The van der Waals surface area contributed by atoms with E-state index in [0.717, 1.165) is 50.6 Å². The Morgan fingerprint density at radius 1 is 1.09 bits per heavy atom. The number of halogens is 7. The van der Waals surface area contributed by atoms with Crippen molar-refractivity contribution in [2.24, 2.45) is 0 Å². The number of hydrogen-bond donors (Lipinski definition) is 1. The summed E-state index contributed by atoms with van der Waals surface area (Å²) in [6.07, 6.45) is -6.25. The molecule has 2 aliphatic heterocycles. The lowest BCUT2D eigenvalue weighted by atomic mass is 9.99. The predicted molar refractivity (Wildman–Crippen MR) is 142 cm³/mol. The molecule has 4 rings (SSSR count). The molecule has 0 aliphatic carbocycles. The van der Waals surface area contributed by atoms with Crippen LogP contribution in [0.15, 0.2) is 36.7 Å². The van der Waals surface area contributed by atoms with Crippen molar-refractivity contribution in [1.29, 1.82) is 0 Å². The van der Waals surface area contributed by atoms with Crippen LogP contribution in [0.1, 0.15) is 24.5 Å². The maximum Gasteiger partial charge on any atom is 0.421 e. The standard InChI is InChI=1S/C26H25ClF6N6O4/c1-24(26(31,32)33)22(41)38(20-15-35-19(14-36-20)34-5-2-6-37-7-9-43-10-8-37)23(42)39(24)21(40)4-3-16-11-17(25(28,29)30)13-18(27)12-16/h3-4,11-15H,2,5-10H2,1H3,(H,34,35)/b4-3+. The zero-order valence-electron chi connectivity index (χ0n) is 22.5. The number of hydrogen-bond acceptors (Lipinski definition) is 8. The van der Waals surface area contributed by atoms with E-state index >= 15 is 0 Å². The van der Waals surface area contributed by atoms with Gasteiger partial charge in [-0.05, 0) is 49.7 Å². The summed E-state index contributed by atoms with van der Waals surface area (Å²) in [7, 11) is 0. The molecule has 0 bridgehead atoms. The second-order valence-electron chi connectivity index (χ2n) is 9.77. The summed E-state index contributed by atoms with van der Waals surface area (Å²) < 4.78 is 87.3. The summed E-state index contributed by atoms with van der Waals surface area (Å²) in [6, 6.07) is 0.591. The van der Waals surface area contributed by atoms with Crippen LogP contribution in [-0.2, 0) is 20.5 Å². The Morgan fingerprint density at radius 3 is 2.40 bits per heavy atom. The highest BCUT2D eigenvalue weighted by atomic mass is 35.5. The Bertz CT molecular complexity index is 1400. The van der Waals surface area contributed by atoms with Gasteiger partial charge < -0.3 is 10.1 Å². The number of amides is 4. The summed E-state index contributed by atoms with van der Waals surface area (Å²) in [5.41, 5.74) is -5.09. The first-order chi connectivity index (χ1) is 20.1. The first kappa shape index (κ1) is 32.2. The summed E-state index contributed by atoms with van der Waals surface area (Å²) in [4.78, 5) is 49.0. The van der Waals surface area contributed by atoms with Gasteiger partial charge in [0.25, 0.3) is 11.8 Å². The van der Waals surface area contributed by atoms with Gasteiger partial charge in [-0.1, -0.05) is 11.6 Å². The normalized spacial score (nSPS) is 20.4. The number of nitrogens with zero attached hydrogens (tertiary/aromatic N) is 5. The number of nitrogens with one attached hydrogen (secondary N) is 1. The number of carbonyl (C=O) groups excluding carboxylic acids is 3. The van der Waals surface area contributed by atoms with E-state index in [0.29, 0.717) is 44.9 Å². The van der Waals surface area contributed by atoms with Crippen molar-refractivity contribution < 1.29 is 45.5 Å². The third-order valence-corrected chi connectivity index (χ3v) is 7.03. The SMILES string of the molecule is CC1(C(F)(F)F)C(=O)N(c2cnc(NCCCN3CCOCC3)cn2)C(=O)N1C(=O)/C=C/c1cc(Cl)cc(C(F)(F)F)c1. The fraction of sp³-hybridized carbons (Fsp3) is 0.423. The molecule has 2 aliphatic rings. The Balaban J connectivity index is 1.51. The van der Waals surface area contributed by atoms with Crippen molar-refractivity contribution in [3.63, 3.8) is 0 Å². The molecular formula is C26H25ClF6N6O4. The van der Waals surface area contributed by atoms with Gasteiger partial charge in [0.1, 0.15) is 5.82 Å². The molecule has 1 N–H and O–H groups in total. The number of urea groups is 1. The molecule has 1 unspecified atom stereocenters. The number of imide groups is 2. The third kappa shape index (κ3) is 6.91. The van der Waals surface area contributed by atoms with E-state index in [1.54, 1.807) is 0 Å². The molecule has 10 nitrogen and oxygen atoms in total. The van der Waals surface area contributed by atoms with E-state index in [1.807, 2.05) is 0 Å². The van der Waals surface area contributed by atoms with Crippen LogP contribution >= 0.6 is 11.6 Å². The molecule has 1 aromatic carbocycles. The fourth-order valence-corrected chi connectivity index (χ4v) is 4.69. The molecule has 2 aromatic rings. The van der Waals surface area contributed by atoms with Gasteiger partial charge in [0.2, 0.25) is 5.54 Å². The maximum atomic E-state index is 14.2. The van der Waals surface area contributed by atoms with Crippen molar-refractivity contribution >= 4 is 47.2 Å². The molecule has 2 saturated heterocycles. The first-order valence-electron chi connectivity index (χ1n) is 12.8. The highest BCUT2D eigenvalue weighted by Crippen LogP contribution is 2.43. The summed E-state index contributed by atoms with van der Waals surface area (Å²) in [5.74, 6) is -3.75. The molecule has 232 valence electrons. The molecule has 4 amide bonds. The van der Waals surface area contributed by atoms with Gasteiger partial charge in [-0.25, -0.2) is 24.6 Å². The number of anilines is 2. The lowest BCUT2D eigenvalue weighted by Crippen LogP contribution is -2.59. The molecule has 3 heterocycles. The molecule has 43 heavy (non-hydrogen) atoms. The number of benzene rings is 1. The van der Waals surface area contributed by atoms with Crippen molar-refractivity contribution in [3.8, 4) is 0 Å². The van der Waals surface area contributed by atoms with Crippen LogP contribution in [0, 0.1) is 0 Å². The van der Waals surface area contributed by atoms with Crippen LogP contribution in [0.25, 0.3) is 6.08 Å². The van der Waals surface area contributed by atoms with Crippen molar-refractivity contribution in [1.82, 2.24) is 19.8 Å². The van der Waals surface area contributed by atoms with Crippen LogP contribution in [0.4, 0.5) is 42.8 Å². The summed E-state index contributed by atoms with van der Waals surface area (Å²) in [6.45, 7) is 4.59. The molecule has 0 radical (unpaired) electrons. The zero-order valence-corrected chi connectivity index (χ0v) is 23.3. The van der Waals surface area contributed by atoms with Crippen LogP contribution < -0.4 is 10.2 Å². The third-order valence-electron chi connectivity index (χ3n) is 6.82. The number of alkyl halides is 6. The van der Waals surface area contributed by atoms with E-state index < -0.39 is 47.1 Å². The summed E-state index contributed by atoms with van der Waals surface area (Å²) >= 11 is 5.70. The minimum absolute atomic E-state index is 0.0789. The molecular weight excluding hydrogens is 610 g/mol. The first-order valence-corrected chi connectivity index (χ1v) is 13.2. The average molecular weight is 635 g/mol. The molecule has 1 aromatic heterocycles. The fourth-order valence-electron chi connectivity index (χ4n) is 4.44. The van der Waals surface area contributed by atoms with Gasteiger partial charge >= 0.3 is 18.4 Å². The number of morpholine rings is 1. The highest BCUT2D eigenvalue weighted by molar-refractivity contribution is 6.31. The zero-order chi connectivity index (χ0) is 31.6. The number of aromatic nitrogens is 2. The predicted octanol–water partition coefficient (Wildman–Crippen LogP) is 4.61. The van der Waals surface area contributed by atoms with E-state index in [2.05, 4.69) is 20.2 Å². The van der Waals surface area contributed by atoms with Gasteiger partial charge in [-0.2, -0.15) is 26.3 Å². The molecule has 0 spiro atoms. The molecule has 17 heteroatoms. The van der Waals surface area contributed by atoms with Gasteiger partial charge in [0.15, 0.2) is 5.82 Å². The topological polar surface area (TPSA) is 108 Å². The van der Waals surface area contributed by atoms with Gasteiger partial charge in [0, 0.05) is 30.7 Å². The molecule has 0 saturated carbocycles. The van der Waals surface area contributed by atoms with Crippen LogP contribution in [0.2, 0.25) is 5.02 Å². The lowest BCUT2D eigenvalue weighted by molar-refractivity contribution is -0.209. The van der Waals surface area contributed by atoms with E-state index in [1.165, 1.54) is 0 Å². The van der Waals surface area contributed by atoms with Crippen molar-refractivity contribution in [3.05, 3.63) is 52.8 Å². The number of rotatable bonds is 8. The smallest absolute Gasteiger partial charge is 0.379 e. The Kier molecular flexibility index (Phi) is 9.32. The van der Waals surface area contributed by atoms with Gasteiger partial charge in [-0.15, -0.1) is 0 Å². The second kappa shape index (κ2) is 12.5. The molecule has 1 atom stereocenters. The van der Waals surface area contributed by atoms with E-state index in [-0.39, 0.29) is 26.2 Å². The Labute approximate surface area is 246 Å². The number of ether oxygens (including phenoxy) is 1.